The summed E-state index contributed by atoms with van der Waals surface area (Å²) in [4.78, 5) is 0. The highest BCUT2D eigenvalue weighted by atomic mass is 14.3. The van der Waals surface area contributed by atoms with Crippen LogP contribution in [0.2, 0.25) is 0 Å². The van der Waals surface area contributed by atoms with Gasteiger partial charge in [-0.15, -0.1) is 0 Å². The van der Waals surface area contributed by atoms with Crippen molar-refractivity contribution in [1.82, 2.24) is 0 Å². The van der Waals surface area contributed by atoms with Crippen molar-refractivity contribution in [3.63, 3.8) is 0 Å². The highest BCUT2D eigenvalue weighted by Gasteiger charge is 2.29. The van der Waals surface area contributed by atoms with Crippen LogP contribution in [0.15, 0.2) is 29.8 Å². The minimum Gasteiger partial charge on any atom is -0.0655 e. The summed E-state index contributed by atoms with van der Waals surface area (Å²) in [6.07, 6.45) is 3.97. The molecule has 0 heterocycles. The lowest BCUT2D eigenvalue weighted by atomic mass is 10.0. The number of rotatable bonds is 0. The highest BCUT2D eigenvalue weighted by molar-refractivity contribution is 5.78. The van der Waals surface area contributed by atoms with Crippen LogP contribution < -0.4 is 0 Å². The van der Waals surface area contributed by atoms with Crippen molar-refractivity contribution < 1.29 is 0 Å². The zero-order valence-electron chi connectivity index (χ0n) is 8.01. The molecule has 1 fully saturated rings. The first-order valence-electron chi connectivity index (χ1n) is 5.16. The molecule has 0 aliphatic heterocycles. The van der Waals surface area contributed by atoms with Crippen LogP contribution in [-0.2, 0) is 6.42 Å². The topological polar surface area (TPSA) is 0 Å². The van der Waals surface area contributed by atoms with Crippen LogP contribution in [0.3, 0.4) is 0 Å². The first-order chi connectivity index (χ1) is 6.36. The summed E-state index contributed by atoms with van der Waals surface area (Å²) in [5.41, 5.74) is 6.50. The van der Waals surface area contributed by atoms with Crippen molar-refractivity contribution in [3.8, 4) is 0 Å². The van der Waals surface area contributed by atoms with E-state index in [0.29, 0.717) is 0 Å². The average molecular weight is 170 g/mol. The molecule has 1 aromatic rings. The van der Waals surface area contributed by atoms with Crippen LogP contribution in [0, 0.1) is 5.92 Å². The minimum atomic E-state index is 0.773. The molecule has 13 heavy (non-hydrogen) atoms. The van der Waals surface area contributed by atoms with Crippen LogP contribution in [0.1, 0.15) is 30.9 Å². The van der Waals surface area contributed by atoms with Crippen LogP contribution in [-0.4, -0.2) is 0 Å². The van der Waals surface area contributed by atoms with E-state index in [2.05, 4.69) is 31.2 Å². The van der Waals surface area contributed by atoms with Crippen molar-refractivity contribution >= 4 is 5.57 Å². The highest BCUT2D eigenvalue weighted by Crippen LogP contribution is 2.46. The van der Waals surface area contributed by atoms with Crippen LogP contribution in [0.4, 0.5) is 0 Å². The van der Waals surface area contributed by atoms with Gasteiger partial charge in [0.1, 0.15) is 0 Å². The quantitative estimate of drug-likeness (QED) is 0.559. The Hall–Kier alpha value is -1.04. The molecule has 0 radical (unpaired) electrons. The first-order valence-corrected chi connectivity index (χ1v) is 5.16. The number of hydrogen-bond donors (Lipinski definition) is 0. The Labute approximate surface area is 79.3 Å². The molecule has 0 aromatic heterocycles. The zero-order valence-corrected chi connectivity index (χ0v) is 8.01. The normalized spacial score (nSPS) is 24.8. The largest absolute Gasteiger partial charge is 0.0655 e. The van der Waals surface area contributed by atoms with Gasteiger partial charge in [-0.1, -0.05) is 36.8 Å². The molecule has 2 aliphatic carbocycles. The van der Waals surface area contributed by atoms with Crippen LogP contribution >= 0.6 is 0 Å². The Bertz CT molecular complexity index is 379. The van der Waals surface area contributed by atoms with E-state index in [1.54, 1.807) is 22.3 Å². The fraction of sp³-hybridized carbons (Fsp3) is 0.385. The fourth-order valence-electron chi connectivity index (χ4n) is 2.53. The maximum Gasteiger partial charge on any atom is -0.0144 e. The van der Waals surface area contributed by atoms with Gasteiger partial charge in [0.2, 0.25) is 0 Å². The first kappa shape index (κ1) is 7.37. The smallest absolute Gasteiger partial charge is 0.0144 e. The number of fused-ring (bicyclic) bond motifs is 1. The van der Waals surface area contributed by atoms with E-state index in [0.717, 1.165) is 5.92 Å². The molecule has 0 amide bonds. The van der Waals surface area contributed by atoms with Gasteiger partial charge in [0.05, 0.1) is 0 Å². The summed E-state index contributed by atoms with van der Waals surface area (Å²) >= 11 is 0. The summed E-state index contributed by atoms with van der Waals surface area (Å²) in [5.74, 6) is 0.773. The molecule has 0 N–H and O–H groups in total. The van der Waals surface area contributed by atoms with Gasteiger partial charge in [-0.25, -0.2) is 0 Å². The molecular weight excluding hydrogens is 156 g/mol. The molecule has 1 unspecified atom stereocenters. The van der Waals surface area contributed by atoms with Gasteiger partial charge in [0.15, 0.2) is 0 Å². The van der Waals surface area contributed by atoms with Crippen molar-refractivity contribution in [1.29, 1.82) is 0 Å². The average Bonchev–Trinajstić information content (AvgIpc) is 2.88. The number of benzene rings is 1. The van der Waals surface area contributed by atoms with Crippen molar-refractivity contribution in [2.45, 2.75) is 26.2 Å². The Morgan fingerprint density at radius 3 is 2.69 bits per heavy atom. The third-order valence-corrected chi connectivity index (χ3v) is 3.21. The second kappa shape index (κ2) is 2.47. The lowest BCUT2D eigenvalue weighted by molar-refractivity contribution is 0.779. The molecule has 3 rings (SSSR count). The van der Waals surface area contributed by atoms with Gasteiger partial charge >= 0.3 is 0 Å². The predicted molar refractivity (Wildman–Crippen MR) is 55.5 cm³/mol. The monoisotopic (exact) mass is 170 g/mol. The second-order valence-electron chi connectivity index (χ2n) is 4.28. The van der Waals surface area contributed by atoms with Crippen molar-refractivity contribution in [2.75, 3.05) is 0 Å². The summed E-state index contributed by atoms with van der Waals surface area (Å²) in [7, 11) is 0. The van der Waals surface area contributed by atoms with Gasteiger partial charge in [0.25, 0.3) is 0 Å². The molecule has 1 atom stereocenters. The summed E-state index contributed by atoms with van der Waals surface area (Å²) in [5, 5.41) is 0. The van der Waals surface area contributed by atoms with Crippen molar-refractivity contribution in [3.05, 3.63) is 41.0 Å². The third kappa shape index (κ3) is 1.05. The minimum absolute atomic E-state index is 0.773. The molecule has 0 nitrogen and oxygen atoms in total. The van der Waals surface area contributed by atoms with E-state index >= 15 is 0 Å². The van der Waals surface area contributed by atoms with Crippen LogP contribution in [0.5, 0.6) is 0 Å². The summed E-state index contributed by atoms with van der Waals surface area (Å²) < 4.78 is 0. The van der Waals surface area contributed by atoms with E-state index in [9.17, 15) is 0 Å². The van der Waals surface area contributed by atoms with Gasteiger partial charge < -0.3 is 0 Å². The Morgan fingerprint density at radius 2 is 1.92 bits per heavy atom. The van der Waals surface area contributed by atoms with Crippen LogP contribution in [0.25, 0.3) is 5.57 Å². The maximum atomic E-state index is 2.36. The molecule has 1 saturated carbocycles. The Morgan fingerprint density at radius 1 is 1.15 bits per heavy atom. The second-order valence-corrected chi connectivity index (χ2v) is 4.28. The molecule has 0 saturated heterocycles. The van der Waals surface area contributed by atoms with Crippen molar-refractivity contribution in [2.24, 2.45) is 5.92 Å². The van der Waals surface area contributed by atoms with E-state index in [1.165, 1.54) is 19.3 Å². The molecule has 0 heteroatoms. The number of allylic oxidation sites excluding steroid dienone is 2. The van der Waals surface area contributed by atoms with E-state index in [4.69, 9.17) is 0 Å². The van der Waals surface area contributed by atoms with Gasteiger partial charge in [-0.2, -0.15) is 0 Å². The lowest BCUT2D eigenvalue weighted by Gasteiger charge is -2.04. The van der Waals surface area contributed by atoms with E-state index in [-0.39, 0.29) is 0 Å². The molecule has 2 aliphatic rings. The van der Waals surface area contributed by atoms with Gasteiger partial charge in [0, 0.05) is 0 Å². The van der Waals surface area contributed by atoms with Gasteiger partial charge in [-0.3, -0.25) is 0 Å². The fourth-order valence-corrected chi connectivity index (χ4v) is 2.53. The summed E-state index contributed by atoms with van der Waals surface area (Å²) in [6.45, 7) is 2.36. The molecule has 66 valence electrons. The molecule has 0 spiro atoms. The maximum absolute atomic E-state index is 2.36. The molecular formula is C13H14. The Kier molecular flexibility index (Phi) is 1.40. The van der Waals surface area contributed by atoms with E-state index < -0.39 is 0 Å². The lowest BCUT2D eigenvalue weighted by Crippen LogP contribution is -1.90. The Balaban J connectivity index is 2.20. The standard InChI is InChI=1S/C13H14/c1-9-8-11-4-2-3-5-12(11)13(9)10-6-7-10/h2-5,9H,6-8H2,1H3. The van der Waals surface area contributed by atoms with E-state index in [1.807, 2.05) is 0 Å². The molecule has 1 aromatic carbocycles. The van der Waals surface area contributed by atoms with Gasteiger partial charge in [-0.05, 0) is 41.9 Å². The SMILES string of the molecule is CC1Cc2ccccc2C1=C1CC1. The number of hydrogen-bond acceptors (Lipinski definition) is 0. The zero-order chi connectivity index (χ0) is 8.84. The third-order valence-electron chi connectivity index (χ3n) is 3.21. The predicted octanol–water partition coefficient (Wildman–Crippen LogP) is 3.43. The molecule has 0 bridgehead atoms. The summed E-state index contributed by atoms with van der Waals surface area (Å²) in [6, 6.07) is 8.90.